The second-order valence-electron chi connectivity index (χ2n) is 5.48. The average Bonchev–Trinajstić information content (AvgIpc) is 2.49. The Bertz CT molecular complexity index is 414. The first-order valence-corrected chi connectivity index (χ1v) is 7.24. The summed E-state index contributed by atoms with van der Waals surface area (Å²) in [7, 11) is 3.47. The third kappa shape index (κ3) is 3.95. The van der Waals surface area contributed by atoms with Crippen LogP contribution in [0.3, 0.4) is 0 Å². The van der Waals surface area contributed by atoms with Gasteiger partial charge in [-0.15, -0.1) is 0 Å². The van der Waals surface area contributed by atoms with E-state index in [1.165, 1.54) is 12.8 Å². The predicted octanol–water partition coefficient (Wildman–Crippen LogP) is 2.05. The fourth-order valence-corrected chi connectivity index (χ4v) is 2.84. The monoisotopic (exact) mass is 279 g/mol. The summed E-state index contributed by atoms with van der Waals surface area (Å²) in [4.78, 5) is 2.45. The van der Waals surface area contributed by atoms with Crippen molar-refractivity contribution in [2.75, 3.05) is 33.9 Å². The van der Waals surface area contributed by atoms with Gasteiger partial charge in [0.2, 0.25) is 0 Å². The number of benzene rings is 1. The van der Waals surface area contributed by atoms with Crippen LogP contribution in [-0.4, -0.2) is 43.9 Å². The van der Waals surface area contributed by atoms with Gasteiger partial charge in [0, 0.05) is 25.8 Å². The first-order chi connectivity index (χ1) is 9.76. The summed E-state index contributed by atoms with van der Waals surface area (Å²) < 4.78 is 10.7. The van der Waals surface area contributed by atoms with Crippen molar-refractivity contribution in [2.45, 2.75) is 26.0 Å². The Kier molecular flexibility index (Phi) is 5.83. The van der Waals surface area contributed by atoms with E-state index < -0.39 is 0 Å². The van der Waals surface area contributed by atoms with E-state index in [-0.39, 0.29) is 6.61 Å². The summed E-state index contributed by atoms with van der Waals surface area (Å²) in [6, 6.07) is 5.89. The first-order valence-electron chi connectivity index (χ1n) is 7.24. The maximum absolute atomic E-state index is 9.26. The Morgan fingerprint density at radius 2 is 2.00 bits per heavy atom. The van der Waals surface area contributed by atoms with Crippen LogP contribution in [0.15, 0.2) is 18.2 Å². The van der Waals surface area contributed by atoms with Gasteiger partial charge in [-0.1, -0.05) is 6.07 Å². The van der Waals surface area contributed by atoms with Crippen molar-refractivity contribution in [1.29, 1.82) is 0 Å². The highest BCUT2D eigenvalue weighted by molar-refractivity contribution is 5.37. The average molecular weight is 279 g/mol. The van der Waals surface area contributed by atoms with Crippen LogP contribution in [0, 0.1) is 5.92 Å². The molecule has 0 spiro atoms. The molecule has 0 aromatic heterocycles. The number of likely N-dealkylation sites (tertiary alicyclic amines) is 1. The second kappa shape index (κ2) is 7.62. The molecular formula is C16H25NO3. The topological polar surface area (TPSA) is 41.9 Å². The van der Waals surface area contributed by atoms with Crippen LogP contribution < -0.4 is 4.74 Å². The summed E-state index contributed by atoms with van der Waals surface area (Å²) in [6.07, 6.45) is 2.38. The molecule has 0 atom stereocenters. The van der Waals surface area contributed by atoms with Crippen molar-refractivity contribution >= 4 is 0 Å². The molecule has 20 heavy (non-hydrogen) atoms. The summed E-state index contributed by atoms with van der Waals surface area (Å²) >= 11 is 0. The molecule has 1 fully saturated rings. The van der Waals surface area contributed by atoms with E-state index in [9.17, 15) is 5.11 Å². The number of hydrogen-bond donors (Lipinski definition) is 1. The van der Waals surface area contributed by atoms with Crippen LogP contribution in [-0.2, 0) is 17.9 Å². The molecule has 1 aromatic carbocycles. The van der Waals surface area contributed by atoms with Gasteiger partial charge in [-0.3, -0.25) is 4.90 Å². The van der Waals surface area contributed by atoms with Crippen molar-refractivity contribution in [3.63, 3.8) is 0 Å². The standard InChI is InChI=1S/C16H25NO3/c1-19-12-13-5-7-17(8-6-13)10-15-9-14(11-18)3-4-16(15)20-2/h3-4,9,13,18H,5-8,10-12H2,1-2H3. The van der Waals surface area contributed by atoms with Gasteiger partial charge in [0.15, 0.2) is 0 Å². The summed E-state index contributed by atoms with van der Waals surface area (Å²) in [6.45, 7) is 4.03. The summed E-state index contributed by atoms with van der Waals surface area (Å²) in [5.41, 5.74) is 2.10. The quantitative estimate of drug-likeness (QED) is 0.865. The molecule has 0 amide bonds. The van der Waals surface area contributed by atoms with E-state index in [4.69, 9.17) is 9.47 Å². The van der Waals surface area contributed by atoms with Crippen LogP contribution in [0.2, 0.25) is 0 Å². The van der Waals surface area contributed by atoms with Gasteiger partial charge in [0.1, 0.15) is 5.75 Å². The third-order valence-electron chi connectivity index (χ3n) is 4.03. The molecule has 0 saturated carbocycles. The fourth-order valence-electron chi connectivity index (χ4n) is 2.84. The van der Waals surface area contributed by atoms with Crippen molar-refractivity contribution in [3.8, 4) is 5.75 Å². The molecule has 112 valence electrons. The Morgan fingerprint density at radius 3 is 2.60 bits per heavy atom. The minimum Gasteiger partial charge on any atom is -0.496 e. The Labute approximate surface area is 121 Å². The lowest BCUT2D eigenvalue weighted by Gasteiger charge is -2.32. The van der Waals surface area contributed by atoms with Gasteiger partial charge >= 0.3 is 0 Å². The predicted molar refractivity (Wildman–Crippen MR) is 78.8 cm³/mol. The number of hydrogen-bond acceptors (Lipinski definition) is 4. The molecular weight excluding hydrogens is 254 g/mol. The largest absolute Gasteiger partial charge is 0.496 e. The number of aliphatic hydroxyl groups excluding tert-OH is 1. The smallest absolute Gasteiger partial charge is 0.123 e. The maximum atomic E-state index is 9.26. The molecule has 4 nitrogen and oxygen atoms in total. The molecule has 2 rings (SSSR count). The number of piperidine rings is 1. The molecule has 1 aliphatic rings. The molecule has 4 heteroatoms. The van der Waals surface area contributed by atoms with Crippen LogP contribution in [0.1, 0.15) is 24.0 Å². The molecule has 1 saturated heterocycles. The Balaban J connectivity index is 1.96. The highest BCUT2D eigenvalue weighted by Crippen LogP contribution is 2.24. The molecule has 0 radical (unpaired) electrons. The van der Waals surface area contributed by atoms with Gasteiger partial charge in [0.25, 0.3) is 0 Å². The van der Waals surface area contributed by atoms with Gasteiger partial charge < -0.3 is 14.6 Å². The summed E-state index contributed by atoms with van der Waals surface area (Å²) in [5, 5.41) is 9.26. The SMILES string of the molecule is COCC1CCN(Cc2cc(CO)ccc2OC)CC1. The molecule has 0 unspecified atom stereocenters. The summed E-state index contributed by atoms with van der Waals surface area (Å²) in [5.74, 6) is 1.60. The van der Waals surface area contributed by atoms with Crippen LogP contribution in [0.4, 0.5) is 0 Å². The van der Waals surface area contributed by atoms with Crippen molar-refractivity contribution in [1.82, 2.24) is 4.90 Å². The number of methoxy groups -OCH3 is 2. The zero-order valence-electron chi connectivity index (χ0n) is 12.5. The normalized spacial score (nSPS) is 17.4. The Morgan fingerprint density at radius 1 is 1.25 bits per heavy atom. The van der Waals surface area contributed by atoms with E-state index in [1.54, 1.807) is 14.2 Å². The fraction of sp³-hybridized carbons (Fsp3) is 0.625. The molecule has 1 heterocycles. The number of aliphatic hydroxyl groups is 1. The lowest BCUT2D eigenvalue weighted by atomic mass is 9.97. The van der Waals surface area contributed by atoms with Crippen molar-refractivity contribution in [3.05, 3.63) is 29.3 Å². The molecule has 1 aliphatic heterocycles. The van der Waals surface area contributed by atoms with Crippen molar-refractivity contribution in [2.24, 2.45) is 5.92 Å². The van der Waals surface area contributed by atoms with E-state index in [0.29, 0.717) is 5.92 Å². The van der Waals surface area contributed by atoms with Gasteiger partial charge in [-0.25, -0.2) is 0 Å². The highest BCUT2D eigenvalue weighted by Gasteiger charge is 2.20. The second-order valence-corrected chi connectivity index (χ2v) is 5.48. The number of ether oxygens (including phenoxy) is 2. The molecule has 1 N–H and O–H groups in total. The maximum Gasteiger partial charge on any atom is 0.123 e. The third-order valence-corrected chi connectivity index (χ3v) is 4.03. The van der Waals surface area contributed by atoms with Crippen LogP contribution in [0.25, 0.3) is 0 Å². The first kappa shape index (κ1) is 15.3. The van der Waals surface area contributed by atoms with Gasteiger partial charge in [-0.05, 0) is 49.5 Å². The molecule has 0 aliphatic carbocycles. The molecule has 0 bridgehead atoms. The van der Waals surface area contributed by atoms with E-state index in [1.807, 2.05) is 18.2 Å². The molecule has 1 aromatic rings. The highest BCUT2D eigenvalue weighted by atomic mass is 16.5. The lowest BCUT2D eigenvalue weighted by molar-refractivity contribution is 0.0964. The minimum absolute atomic E-state index is 0.0763. The van der Waals surface area contributed by atoms with Crippen LogP contribution in [0.5, 0.6) is 5.75 Å². The zero-order chi connectivity index (χ0) is 14.4. The minimum atomic E-state index is 0.0763. The van der Waals surface area contributed by atoms with Gasteiger partial charge in [0.05, 0.1) is 13.7 Å². The van der Waals surface area contributed by atoms with Gasteiger partial charge in [-0.2, -0.15) is 0 Å². The Hall–Kier alpha value is -1.10. The van der Waals surface area contributed by atoms with E-state index in [2.05, 4.69) is 4.90 Å². The van der Waals surface area contributed by atoms with E-state index >= 15 is 0 Å². The van der Waals surface area contributed by atoms with Crippen molar-refractivity contribution < 1.29 is 14.6 Å². The zero-order valence-corrected chi connectivity index (χ0v) is 12.5. The van der Waals surface area contributed by atoms with E-state index in [0.717, 1.165) is 43.1 Å². The lowest BCUT2D eigenvalue weighted by Crippen LogP contribution is -2.34. The van der Waals surface area contributed by atoms with Crippen LogP contribution >= 0.6 is 0 Å². The number of rotatable bonds is 6. The number of nitrogens with zero attached hydrogens (tertiary/aromatic N) is 1.